The lowest BCUT2D eigenvalue weighted by Gasteiger charge is -2.04. The Kier molecular flexibility index (Phi) is 4.48. The van der Waals surface area contributed by atoms with Crippen LogP contribution in [0.3, 0.4) is 0 Å². The second-order valence-electron chi connectivity index (χ2n) is 6.76. The lowest BCUT2D eigenvalue weighted by atomic mass is 10.1. The van der Waals surface area contributed by atoms with Gasteiger partial charge in [0, 0.05) is 23.8 Å². The number of methoxy groups -OCH3 is 1. The van der Waals surface area contributed by atoms with Gasteiger partial charge in [0.1, 0.15) is 11.5 Å². The number of rotatable bonds is 4. The number of hydrogen-bond donors (Lipinski definition) is 0. The highest BCUT2D eigenvalue weighted by Gasteiger charge is 2.28. The van der Waals surface area contributed by atoms with Gasteiger partial charge in [-0.3, -0.25) is 9.78 Å². The zero-order valence-electron chi connectivity index (χ0n) is 16.3. The van der Waals surface area contributed by atoms with Crippen LogP contribution in [0.5, 0.6) is 17.2 Å². The maximum Gasteiger partial charge on any atom is 0.379 e. The van der Waals surface area contributed by atoms with Crippen LogP contribution in [0.15, 0.2) is 77.2 Å². The average molecular weight is 413 g/mol. The Labute approximate surface area is 176 Å². The highest BCUT2D eigenvalue weighted by atomic mass is 16.6. The van der Waals surface area contributed by atoms with E-state index in [1.54, 1.807) is 54.9 Å². The number of nitrogens with zero attached hydrogens (tertiary/aromatic N) is 1. The Balaban J connectivity index is 1.38. The van der Waals surface area contributed by atoms with Gasteiger partial charge in [0.25, 0.3) is 0 Å². The molecule has 0 fully saturated rings. The zero-order chi connectivity index (χ0) is 21.4. The summed E-state index contributed by atoms with van der Waals surface area (Å²) in [6, 6.07) is 15.1. The third kappa shape index (κ3) is 3.42. The molecule has 0 N–H and O–H groups in total. The van der Waals surface area contributed by atoms with Crippen molar-refractivity contribution in [1.29, 1.82) is 0 Å². The van der Waals surface area contributed by atoms with Gasteiger partial charge in [-0.25, -0.2) is 4.79 Å². The molecule has 0 spiro atoms. The largest absolute Gasteiger partial charge is 0.493 e. The van der Waals surface area contributed by atoms with E-state index in [0.717, 1.165) is 10.9 Å². The molecule has 0 saturated carbocycles. The minimum Gasteiger partial charge on any atom is -0.493 e. The summed E-state index contributed by atoms with van der Waals surface area (Å²) in [6.45, 7) is 0. The van der Waals surface area contributed by atoms with E-state index in [1.807, 2.05) is 6.07 Å². The molecule has 1 aliphatic rings. The molecule has 7 nitrogen and oxygen atoms in total. The fourth-order valence-corrected chi connectivity index (χ4v) is 3.30. The first kappa shape index (κ1) is 18.6. The topological polar surface area (TPSA) is 87.9 Å². The Morgan fingerprint density at radius 1 is 1.06 bits per heavy atom. The van der Waals surface area contributed by atoms with Crippen molar-refractivity contribution in [3.63, 3.8) is 0 Å². The monoisotopic (exact) mass is 413 g/mol. The molecular weight excluding hydrogens is 398 g/mol. The number of para-hydroxylation sites is 1. The second-order valence-corrected chi connectivity index (χ2v) is 6.76. The molecule has 0 bridgehead atoms. The van der Waals surface area contributed by atoms with Crippen molar-refractivity contribution in [2.75, 3.05) is 7.11 Å². The predicted octanol–water partition coefficient (Wildman–Crippen LogP) is 4.67. The van der Waals surface area contributed by atoms with Gasteiger partial charge in [-0.15, -0.1) is 0 Å². The van der Waals surface area contributed by atoms with Gasteiger partial charge in [0.2, 0.25) is 11.5 Å². The summed E-state index contributed by atoms with van der Waals surface area (Å²) in [5.74, 6) is 0.388. The molecule has 0 unspecified atom stereocenters. The maximum atomic E-state index is 12.6. The lowest BCUT2D eigenvalue weighted by Crippen LogP contribution is -2.07. The van der Waals surface area contributed by atoms with Crippen molar-refractivity contribution in [1.82, 2.24) is 4.98 Å². The van der Waals surface area contributed by atoms with Crippen LogP contribution in [-0.4, -0.2) is 23.8 Å². The number of carbonyl (C=O) groups excluding carboxylic acids is 2. The minimum atomic E-state index is -0.671. The number of fused-ring (bicyclic) bond motifs is 2. The number of Topliss-reactive ketones (excluding diaryl/α,β-unsaturated/α-hetero) is 1. The molecule has 2 aromatic carbocycles. The molecule has 0 saturated heterocycles. The number of ether oxygens (including phenoxy) is 3. The Hall–Kier alpha value is -4.39. The minimum absolute atomic E-state index is 0.0373. The van der Waals surface area contributed by atoms with E-state index in [0.29, 0.717) is 22.6 Å². The Bertz CT molecular complexity index is 1350. The average Bonchev–Trinajstić information content (AvgIpc) is 3.36. The number of carbonyl (C=O) groups is 2. The third-order valence-electron chi connectivity index (χ3n) is 4.78. The van der Waals surface area contributed by atoms with Gasteiger partial charge >= 0.3 is 5.97 Å². The molecule has 31 heavy (non-hydrogen) atoms. The quantitative estimate of drug-likeness (QED) is 0.273. The normalized spacial score (nSPS) is 13.8. The molecule has 7 heteroatoms. The van der Waals surface area contributed by atoms with E-state index in [9.17, 15) is 9.59 Å². The first-order valence-electron chi connectivity index (χ1n) is 9.39. The van der Waals surface area contributed by atoms with Gasteiger partial charge in [0.15, 0.2) is 17.1 Å². The van der Waals surface area contributed by atoms with Crippen LogP contribution in [0.1, 0.15) is 26.5 Å². The van der Waals surface area contributed by atoms with Gasteiger partial charge < -0.3 is 18.6 Å². The zero-order valence-corrected chi connectivity index (χ0v) is 16.3. The van der Waals surface area contributed by atoms with Gasteiger partial charge in [-0.05, 0) is 48.0 Å². The van der Waals surface area contributed by atoms with Crippen molar-refractivity contribution in [2.45, 2.75) is 0 Å². The van der Waals surface area contributed by atoms with Crippen LogP contribution in [0.4, 0.5) is 0 Å². The van der Waals surface area contributed by atoms with E-state index < -0.39 is 5.97 Å². The number of allylic oxidation sites excluding steroid dienone is 1. The summed E-state index contributed by atoms with van der Waals surface area (Å²) in [5.41, 5.74) is 1.65. The first-order valence-corrected chi connectivity index (χ1v) is 9.39. The predicted molar refractivity (Wildman–Crippen MR) is 111 cm³/mol. The van der Waals surface area contributed by atoms with Crippen molar-refractivity contribution in [3.05, 3.63) is 89.6 Å². The molecule has 5 rings (SSSR count). The van der Waals surface area contributed by atoms with Crippen LogP contribution < -0.4 is 14.2 Å². The second kappa shape index (κ2) is 7.46. The van der Waals surface area contributed by atoms with Gasteiger partial charge in [-0.1, -0.05) is 12.1 Å². The summed E-state index contributed by atoms with van der Waals surface area (Å²) in [5, 5.41) is 0.722. The van der Waals surface area contributed by atoms with Crippen LogP contribution >= 0.6 is 0 Å². The van der Waals surface area contributed by atoms with E-state index in [4.69, 9.17) is 18.6 Å². The fraction of sp³-hybridized carbons (Fsp3) is 0.0417. The van der Waals surface area contributed by atoms with Crippen molar-refractivity contribution in [2.24, 2.45) is 0 Å². The Morgan fingerprint density at radius 2 is 1.90 bits per heavy atom. The van der Waals surface area contributed by atoms with Crippen molar-refractivity contribution < 1.29 is 28.2 Å². The van der Waals surface area contributed by atoms with Crippen LogP contribution in [0.2, 0.25) is 0 Å². The number of esters is 1. The third-order valence-corrected chi connectivity index (χ3v) is 4.78. The number of benzene rings is 2. The summed E-state index contributed by atoms with van der Waals surface area (Å²) < 4.78 is 22.0. The summed E-state index contributed by atoms with van der Waals surface area (Å²) >= 11 is 0. The highest BCUT2D eigenvalue weighted by Crippen LogP contribution is 2.35. The molecule has 0 radical (unpaired) electrons. The highest BCUT2D eigenvalue weighted by molar-refractivity contribution is 6.14. The SMILES string of the molecule is COc1cccc2cc(C(=O)Oc3ccc4c(c3)O/C(=C\c3ccncc3)C4=O)oc12. The van der Waals surface area contributed by atoms with E-state index >= 15 is 0 Å². The summed E-state index contributed by atoms with van der Waals surface area (Å²) in [7, 11) is 1.53. The number of aromatic nitrogens is 1. The van der Waals surface area contributed by atoms with E-state index in [1.165, 1.54) is 19.2 Å². The van der Waals surface area contributed by atoms with Crippen LogP contribution in [-0.2, 0) is 0 Å². The molecule has 2 aromatic heterocycles. The van der Waals surface area contributed by atoms with E-state index in [2.05, 4.69) is 4.98 Å². The van der Waals surface area contributed by atoms with E-state index in [-0.39, 0.29) is 23.1 Å². The molecule has 152 valence electrons. The van der Waals surface area contributed by atoms with Gasteiger partial charge in [0.05, 0.1) is 12.7 Å². The number of pyridine rings is 1. The summed E-state index contributed by atoms with van der Waals surface area (Å²) in [4.78, 5) is 29.1. The number of furan rings is 1. The maximum absolute atomic E-state index is 12.6. The molecular formula is C24H15NO6. The van der Waals surface area contributed by atoms with Gasteiger partial charge in [-0.2, -0.15) is 0 Å². The molecule has 0 atom stereocenters. The molecule has 1 aliphatic heterocycles. The number of ketones is 1. The van der Waals surface area contributed by atoms with Crippen LogP contribution in [0.25, 0.3) is 17.0 Å². The molecule has 3 heterocycles. The van der Waals surface area contributed by atoms with Crippen molar-refractivity contribution >= 4 is 28.8 Å². The molecule has 4 aromatic rings. The first-order chi connectivity index (χ1) is 15.1. The smallest absolute Gasteiger partial charge is 0.379 e. The Morgan fingerprint density at radius 3 is 2.71 bits per heavy atom. The molecule has 0 aliphatic carbocycles. The standard InChI is InChI=1S/C24H15NO6/c1-28-18-4-2-3-15-12-21(31-23(15)18)24(27)29-16-5-6-17-19(13-16)30-20(22(17)26)11-14-7-9-25-10-8-14/h2-13H,1H3/b20-11-. The fourth-order valence-electron chi connectivity index (χ4n) is 3.30. The number of hydrogen-bond acceptors (Lipinski definition) is 7. The molecule has 0 amide bonds. The summed E-state index contributed by atoms with van der Waals surface area (Å²) in [6.07, 6.45) is 4.89. The lowest BCUT2D eigenvalue weighted by molar-refractivity contribution is 0.0703. The van der Waals surface area contributed by atoms with Crippen LogP contribution in [0, 0.1) is 0 Å². The van der Waals surface area contributed by atoms with Crippen molar-refractivity contribution in [3.8, 4) is 17.2 Å².